The van der Waals surface area contributed by atoms with Crippen LogP contribution in [0.15, 0.2) is 42.5 Å². The Bertz CT molecular complexity index is 729. The second-order valence-electron chi connectivity index (χ2n) is 6.18. The zero-order valence-corrected chi connectivity index (χ0v) is 13.8. The largest absolute Gasteiger partial charge is 0.494 e. The van der Waals surface area contributed by atoms with Crippen LogP contribution < -0.4 is 10.1 Å². The van der Waals surface area contributed by atoms with Crippen molar-refractivity contribution < 1.29 is 13.9 Å². The van der Waals surface area contributed by atoms with Gasteiger partial charge >= 0.3 is 0 Å². The molecule has 1 atom stereocenters. The average molecular weight is 327 g/mol. The molecule has 126 valence electrons. The molecule has 0 radical (unpaired) electrons. The van der Waals surface area contributed by atoms with Crippen molar-refractivity contribution in [3.63, 3.8) is 0 Å². The molecule has 0 heterocycles. The van der Waals surface area contributed by atoms with Crippen LogP contribution in [0.25, 0.3) is 0 Å². The third-order valence-electron chi connectivity index (χ3n) is 4.56. The van der Waals surface area contributed by atoms with Gasteiger partial charge in [-0.15, -0.1) is 0 Å². The maximum absolute atomic E-state index is 13.7. The van der Waals surface area contributed by atoms with Gasteiger partial charge in [0, 0.05) is 6.42 Å². The molecule has 3 rings (SSSR count). The van der Waals surface area contributed by atoms with Crippen LogP contribution >= 0.6 is 0 Å². The number of methoxy groups -OCH3 is 1. The maximum atomic E-state index is 13.7. The molecule has 0 saturated carbocycles. The van der Waals surface area contributed by atoms with E-state index >= 15 is 0 Å². The first-order chi connectivity index (χ1) is 11.7. The SMILES string of the molecule is COc1ccc(CCC(=O)NC2CCCc3ccccc32)cc1F. The van der Waals surface area contributed by atoms with Gasteiger partial charge in [0.1, 0.15) is 0 Å². The Labute approximate surface area is 141 Å². The summed E-state index contributed by atoms with van der Waals surface area (Å²) >= 11 is 0. The van der Waals surface area contributed by atoms with Gasteiger partial charge in [-0.05, 0) is 54.5 Å². The van der Waals surface area contributed by atoms with Gasteiger partial charge in [0.2, 0.25) is 5.91 Å². The van der Waals surface area contributed by atoms with Crippen molar-refractivity contribution in [2.24, 2.45) is 0 Å². The van der Waals surface area contributed by atoms with E-state index in [9.17, 15) is 9.18 Å². The van der Waals surface area contributed by atoms with Crippen LogP contribution in [0.1, 0.15) is 42.0 Å². The summed E-state index contributed by atoms with van der Waals surface area (Å²) in [6.07, 6.45) is 4.00. The highest BCUT2D eigenvalue weighted by Crippen LogP contribution is 2.29. The van der Waals surface area contributed by atoms with Crippen molar-refractivity contribution in [1.29, 1.82) is 0 Å². The van der Waals surface area contributed by atoms with Crippen molar-refractivity contribution >= 4 is 5.91 Å². The Morgan fingerprint density at radius 2 is 2.12 bits per heavy atom. The summed E-state index contributed by atoms with van der Waals surface area (Å²) < 4.78 is 18.6. The Balaban J connectivity index is 1.58. The first-order valence-electron chi connectivity index (χ1n) is 8.37. The molecular weight excluding hydrogens is 305 g/mol. The third-order valence-corrected chi connectivity index (χ3v) is 4.56. The lowest BCUT2D eigenvalue weighted by Crippen LogP contribution is -2.31. The van der Waals surface area contributed by atoms with E-state index < -0.39 is 5.82 Å². The molecule has 1 aliphatic rings. The standard InChI is InChI=1S/C20H22FNO2/c1-24-19-11-9-14(13-17(19)21)10-12-20(23)22-18-8-4-6-15-5-2-3-7-16(15)18/h2-3,5,7,9,11,13,18H,4,6,8,10,12H2,1H3,(H,22,23). The molecule has 3 nitrogen and oxygen atoms in total. The lowest BCUT2D eigenvalue weighted by Gasteiger charge is -2.26. The number of halogens is 1. The Hall–Kier alpha value is -2.36. The van der Waals surface area contributed by atoms with E-state index in [1.165, 1.54) is 24.3 Å². The number of nitrogens with one attached hydrogen (secondary N) is 1. The molecule has 0 bridgehead atoms. The predicted molar refractivity (Wildman–Crippen MR) is 91.5 cm³/mol. The van der Waals surface area contributed by atoms with Gasteiger partial charge in [-0.2, -0.15) is 0 Å². The zero-order valence-electron chi connectivity index (χ0n) is 13.8. The molecule has 2 aromatic rings. The number of benzene rings is 2. The second kappa shape index (κ2) is 7.47. The summed E-state index contributed by atoms with van der Waals surface area (Å²) in [5, 5.41) is 3.13. The average Bonchev–Trinajstić information content (AvgIpc) is 2.60. The van der Waals surface area contributed by atoms with Crippen molar-refractivity contribution in [2.75, 3.05) is 7.11 Å². The molecule has 1 aliphatic carbocycles. The van der Waals surface area contributed by atoms with E-state index in [0.717, 1.165) is 24.8 Å². The van der Waals surface area contributed by atoms with Crippen LogP contribution in [0.4, 0.5) is 4.39 Å². The van der Waals surface area contributed by atoms with Crippen LogP contribution in [0.2, 0.25) is 0 Å². The van der Waals surface area contributed by atoms with E-state index in [4.69, 9.17) is 4.74 Å². The smallest absolute Gasteiger partial charge is 0.220 e. The number of ether oxygens (including phenoxy) is 1. The summed E-state index contributed by atoms with van der Waals surface area (Å²) in [7, 11) is 1.44. The summed E-state index contributed by atoms with van der Waals surface area (Å²) in [5.41, 5.74) is 3.35. The molecule has 24 heavy (non-hydrogen) atoms. The van der Waals surface area contributed by atoms with Gasteiger partial charge in [0.05, 0.1) is 13.2 Å². The first-order valence-corrected chi connectivity index (χ1v) is 8.37. The van der Waals surface area contributed by atoms with Crippen LogP contribution in [-0.2, 0) is 17.6 Å². The predicted octanol–water partition coefficient (Wildman–Crippen LogP) is 3.96. The van der Waals surface area contributed by atoms with E-state index in [1.54, 1.807) is 12.1 Å². The highest BCUT2D eigenvalue weighted by molar-refractivity contribution is 5.76. The fourth-order valence-electron chi connectivity index (χ4n) is 3.29. The molecule has 1 amide bonds. The minimum Gasteiger partial charge on any atom is -0.494 e. The van der Waals surface area contributed by atoms with Crippen molar-refractivity contribution in [2.45, 2.75) is 38.1 Å². The molecule has 1 N–H and O–H groups in total. The minimum absolute atomic E-state index is 0.00734. The second-order valence-corrected chi connectivity index (χ2v) is 6.18. The van der Waals surface area contributed by atoms with E-state index in [2.05, 4.69) is 17.4 Å². The number of aryl methyl sites for hydroxylation is 2. The number of carbonyl (C=O) groups excluding carboxylic acids is 1. The van der Waals surface area contributed by atoms with Gasteiger partial charge in [-0.25, -0.2) is 4.39 Å². The molecule has 0 aromatic heterocycles. The molecule has 2 aromatic carbocycles. The van der Waals surface area contributed by atoms with Crippen LogP contribution in [0, 0.1) is 5.82 Å². The van der Waals surface area contributed by atoms with Gasteiger partial charge in [0.25, 0.3) is 0 Å². The van der Waals surface area contributed by atoms with E-state index in [-0.39, 0.29) is 17.7 Å². The summed E-state index contributed by atoms with van der Waals surface area (Å²) in [6, 6.07) is 13.2. The quantitative estimate of drug-likeness (QED) is 0.903. The highest BCUT2D eigenvalue weighted by atomic mass is 19.1. The molecule has 0 fully saturated rings. The maximum Gasteiger partial charge on any atom is 0.220 e. The fourth-order valence-corrected chi connectivity index (χ4v) is 3.29. The normalized spacial score (nSPS) is 16.3. The topological polar surface area (TPSA) is 38.3 Å². The van der Waals surface area contributed by atoms with E-state index in [1.807, 2.05) is 12.1 Å². The van der Waals surface area contributed by atoms with Gasteiger partial charge in [-0.3, -0.25) is 4.79 Å². The first kappa shape index (κ1) is 16.5. The molecule has 4 heteroatoms. The monoisotopic (exact) mass is 327 g/mol. The number of rotatable bonds is 5. The van der Waals surface area contributed by atoms with Gasteiger partial charge in [0.15, 0.2) is 11.6 Å². The third kappa shape index (κ3) is 3.75. The van der Waals surface area contributed by atoms with Crippen LogP contribution in [-0.4, -0.2) is 13.0 Å². The number of fused-ring (bicyclic) bond motifs is 1. The van der Waals surface area contributed by atoms with Crippen molar-refractivity contribution in [3.05, 3.63) is 65.0 Å². The molecular formula is C20H22FNO2. The number of amides is 1. The van der Waals surface area contributed by atoms with Crippen molar-refractivity contribution in [3.8, 4) is 5.75 Å². The van der Waals surface area contributed by atoms with Crippen molar-refractivity contribution in [1.82, 2.24) is 5.32 Å². The van der Waals surface area contributed by atoms with Gasteiger partial charge in [-0.1, -0.05) is 30.3 Å². The highest BCUT2D eigenvalue weighted by Gasteiger charge is 2.21. The molecule has 1 unspecified atom stereocenters. The lowest BCUT2D eigenvalue weighted by atomic mass is 9.87. The summed E-state index contributed by atoms with van der Waals surface area (Å²) in [4.78, 5) is 12.3. The van der Waals surface area contributed by atoms with Crippen LogP contribution in [0.3, 0.4) is 0 Å². The minimum atomic E-state index is -0.392. The number of carbonyl (C=O) groups is 1. The molecule has 0 spiro atoms. The summed E-state index contributed by atoms with van der Waals surface area (Å²) in [5.74, 6) is -0.161. The molecule has 0 aliphatic heterocycles. The summed E-state index contributed by atoms with van der Waals surface area (Å²) in [6.45, 7) is 0. The number of hydrogen-bond donors (Lipinski definition) is 1. The Morgan fingerprint density at radius 3 is 2.92 bits per heavy atom. The Morgan fingerprint density at radius 1 is 1.29 bits per heavy atom. The number of hydrogen-bond acceptors (Lipinski definition) is 2. The van der Waals surface area contributed by atoms with Crippen LogP contribution in [0.5, 0.6) is 5.75 Å². The Kier molecular flexibility index (Phi) is 5.14. The molecule has 0 saturated heterocycles. The lowest BCUT2D eigenvalue weighted by molar-refractivity contribution is -0.121. The zero-order chi connectivity index (χ0) is 16.9. The van der Waals surface area contributed by atoms with Gasteiger partial charge < -0.3 is 10.1 Å². The fraction of sp³-hybridized carbons (Fsp3) is 0.350. The van der Waals surface area contributed by atoms with E-state index in [0.29, 0.717) is 12.8 Å².